The molecule has 0 bridgehead atoms. The molecule has 0 heterocycles. The third-order valence-electron chi connectivity index (χ3n) is 5.98. The van der Waals surface area contributed by atoms with Crippen LogP contribution >= 0.6 is 0 Å². The predicted octanol–water partition coefficient (Wildman–Crippen LogP) is 4.10. The van der Waals surface area contributed by atoms with Crippen molar-refractivity contribution in [1.29, 1.82) is 0 Å². The predicted molar refractivity (Wildman–Crippen MR) is 113 cm³/mol. The molecule has 3 N–H and O–H groups in total. The number of aliphatic hydroxyl groups is 2. The minimum Gasteiger partial charge on any atom is -0.481 e. The number of aliphatic hydroxyl groups excluding tert-OH is 2. The highest BCUT2D eigenvalue weighted by Crippen LogP contribution is 2.38. The summed E-state index contributed by atoms with van der Waals surface area (Å²) in [6, 6.07) is 0. The zero-order valence-electron chi connectivity index (χ0n) is 18.4. The van der Waals surface area contributed by atoms with Crippen molar-refractivity contribution in [3.8, 4) is 0 Å². The second-order valence-electron chi connectivity index (χ2n) is 8.74. The molecule has 0 aromatic carbocycles. The molecule has 1 aliphatic rings. The number of ketones is 1. The van der Waals surface area contributed by atoms with Crippen LogP contribution in [0.2, 0.25) is 0 Å². The monoisotopic (exact) mass is 414 g/mol. The average molecular weight is 415 g/mol. The van der Waals surface area contributed by atoms with Crippen LogP contribution < -0.4 is 0 Å². The lowest BCUT2D eigenvalue weighted by Gasteiger charge is -2.25. The Labute approximate surface area is 176 Å². The molecule has 0 saturated heterocycles. The molecule has 0 aromatic heterocycles. The molecule has 6 nitrogen and oxygen atoms in total. The topological polar surface area (TPSA) is 104 Å². The Morgan fingerprint density at radius 3 is 2.41 bits per heavy atom. The van der Waals surface area contributed by atoms with E-state index in [-0.39, 0.29) is 42.9 Å². The standard InChI is InChI=1S/C23H42O6/c1-3-4-10-18(25)11-9-13-20-19(12-7-5-6-8-14-23(27)28)21(26)15-22(20)29-16-17(2)24/h17-20,22,24-25H,3-16H2,1-2H3,(H,27,28)/t17?,18?,19-,20-,22-/m1/s1. The van der Waals surface area contributed by atoms with Gasteiger partial charge < -0.3 is 20.1 Å². The van der Waals surface area contributed by atoms with E-state index < -0.39 is 12.1 Å². The molecule has 0 aliphatic heterocycles. The van der Waals surface area contributed by atoms with E-state index in [0.29, 0.717) is 12.8 Å². The number of hydrogen-bond donors (Lipinski definition) is 3. The van der Waals surface area contributed by atoms with Gasteiger partial charge in [0.2, 0.25) is 0 Å². The molecule has 2 unspecified atom stereocenters. The van der Waals surface area contributed by atoms with Gasteiger partial charge in [0.1, 0.15) is 5.78 Å². The molecule has 29 heavy (non-hydrogen) atoms. The van der Waals surface area contributed by atoms with E-state index in [2.05, 4.69) is 6.92 Å². The van der Waals surface area contributed by atoms with Crippen LogP contribution in [-0.4, -0.2) is 52.0 Å². The van der Waals surface area contributed by atoms with Gasteiger partial charge in [0.25, 0.3) is 0 Å². The first-order valence-electron chi connectivity index (χ1n) is 11.6. The molecule has 1 fully saturated rings. The normalized spacial score (nSPS) is 24.0. The van der Waals surface area contributed by atoms with E-state index in [9.17, 15) is 19.8 Å². The van der Waals surface area contributed by atoms with Crippen molar-refractivity contribution in [1.82, 2.24) is 0 Å². The highest BCUT2D eigenvalue weighted by molar-refractivity contribution is 5.84. The molecule has 1 saturated carbocycles. The van der Waals surface area contributed by atoms with Crippen molar-refractivity contribution in [2.75, 3.05) is 6.61 Å². The molecule has 170 valence electrons. The number of carbonyl (C=O) groups is 2. The fourth-order valence-electron chi connectivity index (χ4n) is 4.37. The van der Waals surface area contributed by atoms with Crippen molar-refractivity contribution in [3.63, 3.8) is 0 Å². The molecule has 1 aliphatic carbocycles. The van der Waals surface area contributed by atoms with Crippen LogP contribution in [0.5, 0.6) is 0 Å². The Morgan fingerprint density at radius 2 is 1.76 bits per heavy atom. The lowest BCUT2D eigenvalue weighted by molar-refractivity contribution is -0.137. The summed E-state index contributed by atoms with van der Waals surface area (Å²) >= 11 is 0. The summed E-state index contributed by atoms with van der Waals surface area (Å²) in [6.45, 7) is 4.05. The first-order valence-corrected chi connectivity index (χ1v) is 11.6. The zero-order chi connectivity index (χ0) is 21.6. The van der Waals surface area contributed by atoms with E-state index in [1.165, 1.54) is 0 Å². The van der Waals surface area contributed by atoms with Crippen LogP contribution in [0.1, 0.15) is 97.3 Å². The van der Waals surface area contributed by atoms with E-state index in [4.69, 9.17) is 9.84 Å². The number of rotatable bonds is 17. The number of unbranched alkanes of at least 4 members (excludes halogenated alkanes) is 4. The number of hydrogen-bond acceptors (Lipinski definition) is 5. The maximum Gasteiger partial charge on any atom is 0.303 e. The van der Waals surface area contributed by atoms with Crippen molar-refractivity contribution in [2.24, 2.45) is 11.8 Å². The van der Waals surface area contributed by atoms with Crippen LogP contribution in [0.25, 0.3) is 0 Å². The highest BCUT2D eigenvalue weighted by Gasteiger charge is 2.42. The molecule has 0 amide bonds. The van der Waals surface area contributed by atoms with Crippen LogP contribution in [-0.2, 0) is 14.3 Å². The first kappa shape index (κ1) is 26.1. The fraction of sp³-hybridized carbons (Fsp3) is 0.913. The Kier molecular flexibility index (Phi) is 13.4. The summed E-state index contributed by atoms with van der Waals surface area (Å²) in [4.78, 5) is 23.2. The molecular formula is C23H42O6. The Balaban J connectivity index is 2.50. The maximum atomic E-state index is 12.6. The van der Waals surface area contributed by atoms with Gasteiger partial charge in [-0.3, -0.25) is 9.59 Å². The molecule has 0 spiro atoms. The third kappa shape index (κ3) is 11.1. The average Bonchev–Trinajstić information content (AvgIpc) is 2.95. The number of aliphatic carboxylic acids is 1. The van der Waals surface area contributed by atoms with E-state index >= 15 is 0 Å². The summed E-state index contributed by atoms with van der Waals surface area (Å²) in [5, 5.41) is 28.3. The Morgan fingerprint density at radius 1 is 1.07 bits per heavy atom. The summed E-state index contributed by atoms with van der Waals surface area (Å²) in [7, 11) is 0. The maximum absolute atomic E-state index is 12.6. The minimum absolute atomic E-state index is 0.0127. The Hall–Kier alpha value is -0.980. The number of ether oxygens (including phenoxy) is 1. The molecule has 1 rings (SSSR count). The van der Waals surface area contributed by atoms with E-state index in [0.717, 1.165) is 64.2 Å². The minimum atomic E-state index is -0.754. The van der Waals surface area contributed by atoms with Crippen molar-refractivity contribution >= 4 is 11.8 Å². The van der Waals surface area contributed by atoms with Crippen molar-refractivity contribution in [3.05, 3.63) is 0 Å². The van der Waals surface area contributed by atoms with Gasteiger partial charge >= 0.3 is 5.97 Å². The summed E-state index contributed by atoms with van der Waals surface area (Å²) < 4.78 is 5.87. The number of carboxylic acid groups (broad SMARTS) is 1. The van der Waals surface area contributed by atoms with Gasteiger partial charge in [0.05, 0.1) is 24.9 Å². The summed E-state index contributed by atoms with van der Waals surface area (Å²) in [6.07, 6.45) is 9.39. The fourth-order valence-corrected chi connectivity index (χ4v) is 4.37. The number of carbonyl (C=O) groups excluding carboxylic acids is 1. The number of carboxylic acids is 1. The summed E-state index contributed by atoms with van der Waals surface area (Å²) in [5.41, 5.74) is 0. The van der Waals surface area contributed by atoms with Crippen LogP contribution in [0, 0.1) is 11.8 Å². The largest absolute Gasteiger partial charge is 0.481 e. The second kappa shape index (κ2) is 14.9. The summed E-state index contributed by atoms with van der Waals surface area (Å²) in [5.74, 6) is -0.363. The van der Waals surface area contributed by atoms with Crippen LogP contribution in [0.4, 0.5) is 0 Å². The molecule has 5 atom stereocenters. The first-order chi connectivity index (χ1) is 13.8. The van der Waals surface area contributed by atoms with Gasteiger partial charge in [-0.05, 0) is 44.9 Å². The van der Waals surface area contributed by atoms with Gasteiger partial charge in [0.15, 0.2) is 0 Å². The van der Waals surface area contributed by atoms with Gasteiger partial charge in [-0.15, -0.1) is 0 Å². The van der Waals surface area contributed by atoms with Crippen LogP contribution in [0.3, 0.4) is 0 Å². The van der Waals surface area contributed by atoms with Gasteiger partial charge in [-0.25, -0.2) is 0 Å². The van der Waals surface area contributed by atoms with Gasteiger partial charge in [-0.1, -0.05) is 45.4 Å². The van der Waals surface area contributed by atoms with Crippen molar-refractivity contribution < 1.29 is 29.6 Å². The lowest BCUT2D eigenvalue weighted by Crippen LogP contribution is -2.26. The van der Waals surface area contributed by atoms with Gasteiger partial charge in [0, 0.05) is 18.8 Å². The molecule has 0 radical (unpaired) electrons. The van der Waals surface area contributed by atoms with E-state index in [1.807, 2.05) is 0 Å². The van der Waals surface area contributed by atoms with Crippen LogP contribution in [0.15, 0.2) is 0 Å². The quantitative estimate of drug-likeness (QED) is 0.310. The third-order valence-corrected chi connectivity index (χ3v) is 5.98. The SMILES string of the molecule is CCCCC(O)CCC[C@H]1[C@H](OCC(C)O)CC(=O)[C@@H]1CCCCCCC(=O)O. The highest BCUT2D eigenvalue weighted by atomic mass is 16.5. The lowest BCUT2D eigenvalue weighted by atomic mass is 9.85. The Bertz CT molecular complexity index is 464. The van der Waals surface area contributed by atoms with Crippen molar-refractivity contribution in [2.45, 2.75) is 116 Å². The molecular weight excluding hydrogens is 372 g/mol. The second-order valence-corrected chi connectivity index (χ2v) is 8.74. The van der Waals surface area contributed by atoms with E-state index in [1.54, 1.807) is 6.92 Å². The van der Waals surface area contributed by atoms with Gasteiger partial charge in [-0.2, -0.15) is 0 Å². The number of Topliss-reactive ketones (excluding diaryl/α,β-unsaturated/α-hetero) is 1. The zero-order valence-corrected chi connectivity index (χ0v) is 18.4. The molecule has 0 aromatic rings. The molecule has 6 heteroatoms. The smallest absolute Gasteiger partial charge is 0.303 e.